The highest BCUT2D eigenvalue weighted by molar-refractivity contribution is 7.99. The molecule has 1 amide bonds. The molecule has 1 N–H and O–H groups in total. The number of nitrogens with zero attached hydrogens (tertiary/aromatic N) is 2. The monoisotopic (exact) mass is 397 g/mol. The molecule has 0 aromatic heterocycles. The second-order valence-electron chi connectivity index (χ2n) is 7.25. The van der Waals surface area contributed by atoms with E-state index in [1.165, 1.54) is 10.5 Å². The third-order valence-electron chi connectivity index (χ3n) is 5.02. The van der Waals surface area contributed by atoms with Gasteiger partial charge in [0.05, 0.1) is 6.54 Å². The zero-order valence-corrected chi connectivity index (χ0v) is 17.6. The van der Waals surface area contributed by atoms with Crippen molar-refractivity contribution in [3.8, 4) is 0 Å². The van der Waals surface area contributed by atoms with Crippen LogP contribution < -0.4 is 5.32 Å². The second kappa shape index (κ2) is 11.2. The molecular weight excluding hydrogens is 366 g/mol. The largest absolute Gasteiger partial charge is 0.351 e. The minimum absolute atomic E-state index is 0.112. The number of hydrogen-bond donors (Lipinski definition) is 1. The van der Waals surface area contributed by atoms with E-state index in [-0.39, 0.29) is 5.91 Å². The summed E-state index contributed by atoms with van der Waals surface area (Å²) >= 11 is 1.88. The molecule has 0 unspecified atom stereocenters. The predicted octanol–water partition coefficient (Wildman–Crippen LogP) is 3.62. The van der Waals surface area contributed by atoms with Gasteiger partial charge in [-0.2, -0.15) is 0 Å². The summed E-state index contributed by atoms with van der Waals surface area (Å²) < 4.78 is 0. The van der Waals surface area contributed by atoms with E-state index in [1.54, 1.807) is 0 Å². The van der Waals surface area contributed by atoms with Gasteiger partial charge in [0.1, 0.15) is 0 Å². The maximum atomic E-state index is 12.3. The normalized spacial score (nSPS) is 15.9. The van der Waals surface area contributed by atoms with Gasteiger partial charge < -0.3 is 5.32 Å². The summed E-state index contributed by atoms with van der Waals surface area (Å²) in [6.07, 6.45) is 1.11. The Hall–Kier alpha value is -1.82. The average molecular weight is 398 g/mol. The first-order valence-corrected chi connectivity index (χ1v) is 11.2. The van der Waals surface area contributed by atoms with Gasteiger partial charge >= 0.3 is 0 Å². The molecule has 5 heteroatoms. The van der Waals surface area contributed by atoms with Crippen molar-refractivity contribution in [2.24, 2.45) is 0 Å². The van der Waals surface area contributed by atoms with E-state index in [4.69, 9.17) is 0 Å². The molecule has 1 heterocycles. The Morgan fingerprint density at radius 3 is 2.39 bits per heavy atom. The molecule has 150 valence electrons. The summed E-state index contributed by atoms with van der Waals surface area (Å²) in [4.78, 5) is 18.4. The molecule has 1 aliphatic rings. The molecule has 0 saturated carbocycles. The summed E-state index contributed by atoms with van der Waals surface area (Å²) in [5.41, 5.74) is 2.51. The molecule has 0 aliphatic carbocycles. The van der Waals surface area contributed by atoms with Crippen molar-refractivity contribution in [1.82, 2.24) is 15.1 Å². The topological polar surface area (TPSA) is 35.6 Å². The highest BCUT2D eigenvalue weighted by Crippen LogP contribution is 2.18. The molecule has 2 aromatic rings. The first kappa shape index (κ1) is 20.9. The Kier molecular flexibility index (Phi) is 8.40. The van der Waals surface area contributed by atoms with E-state index in [2.05, 4.69) is 46.3 Å². The van der Waals surface area contributed by atoms with Gasteiger partial charge in [-0.3, -0.25) is 14.6 Å². The lowest BCUT2D eigenvalue weighted by Gasteiger charge is -2.21. The van der Waals surface area contributed by atoms with E-state index in [1.807, 2.05) is 42.1 Å². The predicted molar refractivity (Wildman–Crippen MR) is 117 cm³/mol. The van der Waals surface area contributed by atoms with Crippen molar-refractivity contribution in [2.45, 2.75) is 31.3 Å². The second-order valence-corrected chi connectivity index (χ2v) is 8.58. The summed E-state index contributed by atoms with van der Waals surface area (Å²) in [5, 5.41) is 3.04. The Morgan fingerprint density at radius 1 is 0.929 bits per heavy atom. The SMILES string of the molecule is CCSc1ccc(CN2CCCN(CC(=O)NCc3ccccc3)CC2)cc1. The van der Waals surface area contributed by atoms with E-state index < -0.39 is 0 Å². The fraction of sp³-hybridized carbons (Fsp3) is 0.435. The number of benzene rings is 2. The smallest absolute Gasteiger partial charge is 0.234 e. The minimum Gasteiger partial charge on any atom is -0.351 e. The van der Waals surface area contributed by atoms with Crippen LogP contribution in [-0.2, 0) is 17.9 Å². The van der Waals surface area contributed by atoms with E-state index in [0.717, 1.165) is 50.5 Å². The lowest BCUT2D eigenvalue weighted by molar-refractivity contribution is -0.122. The summed E-state index contributed by atoms with van der Waals surface area (Å²) in [5.74, 6) is 1.22. The Bertz CT molecular complexity index is 720. The molecule has 1 saturated heterocycles. The number of amides is 1. The molecule has 1 fully saturated rings. The van der Waals surface area contributed by atoms with Crippen LogP contribution in [0.2, 0.25) is 0 Å². The number of carbonyl (C=O) groups excluding carboxylic acids is 1. The first-order valence-electron chi connectivity index (χ1n) is 10.2. The van der Waals surface area contributed by atoms with Crippen LogP contribution in [0.3, 0.4) is 0 Å². The van der Waals surface area contributed by atoms with Gasteiger partial charge in [-0.1, -0.05) is 49.4 Å². The zero-order chi connectivity index (χ0) is 19.6. The van der Waals surface area contributed by atoms with Gasteiger partial charge in [0.15, 0.2) is 0 Å². The van der Waals surface area contributed by atoms with Crippen LogP contribution in [0, 0.1) is 0 Å². The van der Waals surface area contributed by atoms with Crippen molar-refractivity contribution < 1.29 is 4.79 Å². The van der Waals surface area contributed by atoms with Gasteiger partial charge in [-0.25, -0.2) is 0 Å². The third-order valence-corrected chi connectivity index (χ3v) is 5.92. The molecule has 0 spiro atoms. The molecule has 2 aromatic carbocycles. The summed E-state index contributed by atoms with van der Waals surface area (Å²) in [7, 11) is 0. The molecule has 1 aliphatic heterocycles. The number of carbonyl (C=O) groups is 1. The van der Waals surface area contributed by atoms with Crippen LogP contribution in [0.5, 0.6) is 0 Å². The molecule has 28 heavy (non-hydrogen) atoms. The van der Waals surface area contributed by atoms with Crippen LogP contribution in [0.4, 0.5) is 0 Å². The number of hydrogen-bond acceptors (Lipinski definition) is 4. The van der Waals surface area contributed by atoms with Crippen LogP contribution >= 0.6 is 11.8 Å². The number of rotatable bonds is 8. The third kappa shape index (κ3) is 6.97. The van der Waals surface area contributed by atoms with Crippen molar-refractivity contribution in [3.63, 3.8) is 0 Å². The van der Waals surface area contributed by atoms with Gasteiger partial charge in [0, 0.05) is 31.1 Å². The standard InChI is InChI=1S/C23H31N3OS/c1-2-28-22-11-9-21(10-12-22)18-25-13-6-14-26(16-15-25)19-23(27)24-17-20-7-4-3-5-8-20/h3-5,7-12H,2,6,13-19H2,1H3,(H,24,27). The molecule has 0 bridgehead atoms. The highest BCUT2D eigenvalue weighted by Gasteiger charge is 2.17. The van der Waals surface area contributed by atoms with Crippen molar-refractivity contribution in [1.29, 1.82) is 0 Å². The molecule has 4 nitrogen and oxygen atoms in total. The lowest BCUT2D eigenvalue weighted by atomic mass is 10.2. The maximum Gasteiger partial charge on any atom is 0.234 e. The molecule has 3 rings (SSSR count). The fourth-order valence-corrected chi connectivity index (χ4v) is 4.17. The lowest BCUT2D eigenvalue weighted by Crippen LogP contribution is -2.39. The maximum absolute atomic E-state index is 12.3. The highest BCUT2D eigenvalue weighted by atomic mass is 32.2. The molecule has 0 atom stereocenters. The van der Waals surface area contributed by atoms with Crippen LogP contribution in [-0.4, -0.2) is 54.2 Å². The van der Waals surface area contributed by atoms with Crippen molar-refractivity contribution >= 4 is 17.7 Å². The number of thioether (sulfide) groups is 1. The van der Waals surface area contributed by atoms with E-state index in [0.29, 0.717) is 13.1 Å². The summed E-state index contributed by atoms with van der Waals surface area (Å²) in [6.45, 7) is 8.30. The van der Waals surface area contributed by atoms with Crippen LogP contribution in [0.15, 0.2) is 59.5 Å². The summed E-state index contributed by atoms with van der Waals surface area (Å²) in [6, 6.07) is 19.0. The van der Waals surface area contributed by atoms with E-state index in [9.17, 15) is 4.79 Å². The van der Waals surface area contributed by atoms with Crippen LogP contribution in [0.1, 0.15) is 24.5 Å². The van der Waals surface area contributed by atoms with Gasteiger partial charge in [-0.05, 0) is 48.5 Å². The molecule has 0 radical (unpaired) electrons. The number of nitrogens with one attached hydrogen (secondary N) is 1. The zero-order valence-electron chi connectivity index (χ0n) is 16.8. The van der Waals surface area contributed by atoms with Gasteiger partial charge in [0.2, 0.25) is 5.91 Å². The average Bonchev–Trinajstić information content (AvgIpc) is 2.94. The van der Waals surface area contributed by atoms with Gasteiger partial charge in [0.25, 0.3) is 0 Å². The van der Waals surface area contributed by atoms with Gasteiger partial charge in [-0.15, -0.1) is 11.8 Å². The first-order chi connectivity index (χ1) is 13.7. The Morgan fingerprint density at radius 2 is 1.64 bits per heavy atom. The van der Waals surface area contributed by atoms with E-state index >= 15 is 0 Å². The fourth-order valence-electron chi connectivity index (χ4n) is 3.51. The Balaban J connectivity index is 1.41. The molecular formula is C23H31N3OS. The Labute approximate surface area is 173 Å². The van der Waals surface area contributed by atoms with Crippen LogP contribution in [0.25, 0.3) is 0 Å². The van der Waals surface area contributed by atoms with Crippen molar-refractivity contribution in [2.75, 3.05) is 38.5 Å². The van der Waals surface area contributed by atoms with Crippen molar-refractivity contribution in [3.05, 3.63) is 65.7 Å². The quantitative estimate of drug-likeness (QED) is 0.690. The minimum atomic E-state index is 0.112.